The number of hydrogen-bond donors (Lipinski definition) is 0. The Kier molecular flexibility index (Phi) is 9.93. The molecular formula is C29H43N. The summed E-state index contributed by atoms with van der Waals surface area (Å²) in [6.45, 7) is 4.58. The number of nitrogens with zero attached hydrogens (tertiary/aromatic N) is 1. The molecule has 0 saturated heterocycles. The molecule has 30 heavy (non-hydrogen) atoms. The van der Waals surface area contributed by atoms with E-state index in [1.807, 2.05) is 0 Å². The Hall–Kier alpha value is -1.63. The smallest absolute Gasteiger partial charge is 0.0702 e. The lowest BCUT2D eigenvalue weighted by Gasteiger charge is -2.29. The van der Waals surface area contributed by atoms with Crippen LogP contribution in [0.3, 0.4) is 0 Å². The largest absolute Gasteiger partial charge is 0.256 e. The van der Waals surface area contributed by atoms with Crippen LogP contribution >= 0.6 is 0 Å². The molecule has 1 aliphatic rings. The van der Waals surface area contributed by atoms with Crippen LogP contribution in [0, 0.1) is 11.8 Å². The van der Waals surface area contributed by atoms with E-state index < -0.39 is 0 Å². The van der Waals surface area contributed by atoms with Gasteiger partial charge in [0.25, 0.3) is 0 Å². The second-order valence-corrected chi connectivity index (χ2v) is 9.64. The minimum absolute atomic E-state index is 0.935. The Morgan fingerprint density at radius 3 is 2.13 bits per heavy atom. The Balaban J connectivity index is 1.45. The first kappa shape index (κ1) is 23.0. The van der Waals surface area contributed by atoms with E-state index in [2.05, 4.69) is 56.4 Å². The second-order valence-electron chi connectivity index (χ2n) is 9.64. The molecule has 1 nitrogen and oxygen atoms in total. The van der Waals surface area contributed by atoms with Crippen LogP contribution in [-0.2, 0) is 12.8 Å². The lowest BCUT2D eigenvalue weighted by atomic mass is 9.77. The fourth-order valence-corrected chi connectivity index (χ4v) is 5.14. The summed E-state index contributed by atoms with van der Waals surface area (Å²) in [5.74, 6) is 1.94. The van der Waals surface area contributed by atoms with E-state index in [0.29, 0.717) is 0 Å². The molecule has 0 aliphatic heterocycles. The minimum Gasteiger partial charge on any atom is -0.256 e. The van der Waals surface area contributed by atoms with Gasteiger partial charge in [0.05, 0.1) is 5.69 Å². The Morgan fingerprint density at radius 1 is 0.733 bits per heavy atom. The maximum absolute atomic E-state index is 4.78. The van der Waals surface area contributed by atoms with Crippen molar-refractivity contribution in [2.75, 3.05) is 0 Å². The molecule has 2 aromatic rings. The zero-order valence-electron chi connectivity index (χ0n) is 19.5. The van der Waals surface area contributed by atoms with Crippen LogP contribution in [-0.4, -0.2) is 4.98 Å². The van der Waals surface area contributed by atoms with Gasteiger partial charge in [-0.1, -0.05) is 102 Å². The normalized spacial score (nSPS) is 19.1. The molecule has 3 rings (SSSR count). The van der Waals surface area contributed by atoms with Gasteiger partial charge in [-0.25, -0.2) is 0 Å². The average Bonchev–Trinajstić information content (AvgIpc) is 2.79. The van der Waals surface area contributed by atoms with Crippen LogP contribution in [0.15, 0.2) is 42.6 Å². The first-order valence-electron chi connectivity index (χ1n) is 12.8. The highest BCUT2D eigenvalue weighted by Crippen LogP contribution is 2.34. The Bertz CT molecular complexity index is 700. The van der Waals surface area contributed by atoms with Crippen molar-refractivity contribution in [1.82, 2.24) is 4.98 Å². The van der Waals surface area contributed by atoms with Gasteiger partial charge in [0, 0.05) is 11.8 Å². The molecular weight excluding hydrogens is 362 g/mol. The Morgan fingerprint density at radius 2 is 1.43 bits per heavy atom. The molecule has 1 fully saturated rings. The molecule has 1 heteroatoms. The molecule has 1 saturated carbocycles. The van der Waals surface area contributed by atoms with Crippen LogP contribution in [0.4, 0.5) is 0 Å². The van der Waals surface area contributed by atoms with E-state index in [9.17, 15) is 0 Å². The highest BCUT2D eigenvalue weighted by atomic mass is 14.7. The van der Waals surface area contributed by atoms with Crippen molar-refractivity contribution in [2.24, 2.45) is 11.8 Å². The van der Waals surface area contributed by atoms with Gasteiger partial charge in [0.15, 0.2) is 0 Å². The molecule has 0 amide bonds. The SMILES string of the molecule is CCCCCc1ccc(-c2ccc(CCC3CCCC(CCCCC)C3)cn2)cc1. The molecule has 0 bridgehead atoms. The molecule has 1 aromatic heterocycles. The number of rotatable bonds is 12. The van der Waals surface area contributed by atoms with E-state index >= 15 is 0 Å². The minimum atomic E-state index is 0.935. The van der Waals surface area contributed by atoms with Gasteiger partial charge < -0.3 is 0 Å². The monoisotopic (exact) mass is 405 g/mol. The molecule has 164 valence electrons. The van der Waals surface area contributed by atoms with Crippen LogP contribution in [0.5, 0.6) is 0 Å². The molecule has 2 atom stereocenters. The van der Waals surface area contributed by atoms with Crippen molar-refractivity contribution in [3.63, 3.8) is 0 Å². The predicted molar refractivity (Wildman–Crippen MR) is 131 cm³/mol. The molecule has 0 spiro atoms. The lowest BCUT2D eigenvalue weighted by Crippen LogP contribution is -2.16. The van der Waals surface area contributed by atoms with Gasteiger partial charge in [-0.05, 0) is 61.1 Å². The standard InChI is InChI=1S/C29H43N/c1-3-5-7-10-24-16-19-28(20-17-24)29-21-18-27(23-30-29)15-14-26-13-9-12-25(22-26)11-8-6-4-2/h16-21,23,25-26H,3-15,22H2,1-2H3. The summed E-state index contributed by atoms with van der Waals surface area (Å²) in [6.07, 6.45) is 21.3. The second kappa shape index (κ2) is 12.9. The summed E-state index contributed by atoms with van der Waals surface area (Å²) in [5.41, 5.74) is 5.20. The van der Waals surface area contributed by atoms with Crippen molar-refractivity contribution in [3.8, 4) is 11.3 Å². The fourth-order valence-electron chi connectivity index (χ4n) is 5.14. The summed E-state index contributed by atoms with van der Waals surface area (Å²) >= 11 is 0. The molecule has 0 N–H and O–H groups in total. The van der Waals surface area contributed by atoms with Crippen LogP contribution in [0.1, 0.15) is 102 Å². The fraction of sp³-hybridized carbons (Fsp3) is 0.621. The van der Waals surface area contributed by atoms with Crippen molar-refractivity contribution in [3.05, 3.63) is 53.7 Å². The summed E-state index contributed by atoms with van der Waals surface area (Å²) in [7, 11) is 0. The highest BCUT2D eigenvalue weighted by Gasteiger charge is 2.21. The van der Waals surface area contributed by atoms with Gasteiger partial charge in [-0.15, -0.1) is 0 Å². The van der Waals surface area contributed by atoms with E-state index in [4.69, 9.17) is 4.98 Å². The van der Waals surface area contributed by atoms with Crippen LogP contribution < -0.4 is 0 Å². The zero-order valence-corrected chi connectivity index (χ0v) is 19.5. The van der Waals surface area contributed by atoms with Gasteiger partial charge in [0.1, 0.15) is 0 Å². The van der Waals surface area contributed by atoms with Gasteiger partial charge in [-0.3, -0.25) is 4.98 Å². The number of hydrogen-bond acceptors (Lipinski definition) is 1. The Labute approximate surface area is 185 Å². The topological polar surface area (TPSA) is 12.9 Å². The molecule has 1 heterocycles. The van der Waals surface area contributed by atoms with Gasteiger partial charge in [0.2, 0.25) is 0 Å². The summed E-state index contributed by atoms with van der Waals surface area (Å²) < 4.78 is 0. The predicted octanol–water partition coefficient (Wildman–Crippen LogP) is 8.80. The maximum Gasteiger partial charge on any atom is 0.0702 e. The van der Waals surface area contributed by atoms with Crippen molar-refractivity contribution >= 4 is 0 Å². The van der Waals surface area contributed by atoms with Crippen molar-refractivity contribution in [2.45, 2.75) is 104 Å². The third kappa shape index (κ3) is 7.56. The average molecular weight is 406 g/mol. The van der Waals surface area contributed by atoms with Crippen molar-refractivity contribution < 1.29 is 0 Å². The van der Waals surface area contributed by atoms with Crippen molar-refractivity contribution in [1.29, 1.82) is 0 Å². The summed E-state index contributed by atoms with van der Waals surface area (Å²) in [5, 5.41) is 0. The highest BCUT2D eigenvalue weighted by molar-refractivity contribution is 5.59. The number of benzene rings is 1. The van der Waals surface area contributed by atoms with Gasteiger partial charge in [-0.2, -0.15) is 0 Å². The molecule has 2 unspecified atom stereocenters. The maximum atomic E-state index is 4.78. The summed E-state index contributed by atoms with van der Waals surface area (Å²) in [6, 6.07) is 13.6. The third-order valence-electron chi connectivity index (χ3n) is 7.09. The summed E-state index contributed by atoms with van der Waals surface area (Å²) in [4.78, 5) is 4.78. The molecule has 1 aliphatic carbocycles. The van der Waals surface area contributed by atoms with E-state index in [-0.39, 0.29) is 0 Å². The third-order valence-corrected chi connectivity index (χ3v) is 7.09. The van der Waals surface area contributed by atoms with E-state index in [1.54, 1.807) is 0 Å². The first-order chi connectivity index (χ1) is 14.8. The number of aryl methyl sites for hydroxylation is 2. The lowest BCUT2D eigenvalue weighted by molar-refractivity contribution is 0.240. The molecule has 1 aromatic carbocycles. The van der Waals surface area contributed by atoms with E-state index in [0.717, 1.165) is 17.5 Å². The van der Waals surface area contributed by atoms with E-state index in [1.165, 1.54) is 107 Å². The first-order valence-corrected chi connectivity index (χ1v) is 12.8. The number of pyridine rings is 1. The van der Waals surface area contributed by atoms with Crippen LogP contribution in [0.2, 0.25) is 0 Å². The number of aromatic nitrogens is 1. The van der Waals surface area contributed by atoms with Gasteiger partial charge >= 0.3 is 0 Å². The number of unbranched alkanes of at least 4 members (excludes halogenated alkanes) is 4. The molecule has 0 radical (unpaired) electrons. The zero-order chi connectivity index (χ0) is 21.0. The quantitative estimate of drug-likeness (QED) is 0.321. The van der Waals surface area contributed by atoms with Crippen LogP contribution in [0.25, 0.3) is 11.3 Å².